The van der Waals surface area contributed by atoms with Crippen LogP contribution >= 0.6 is 0 Å². The van der Waals surface area contributed by atoms with Gasteiger partial charge in [0, 0.05) is 42.9 Å². The predicted octanol–water partition coefficient (Wildman–Crippen LogP) is 13.6. The van der Waals surface area contributed by atoms with Gasteiger partial charge >= 0.3 is 0 Å². The number of para-hydroxylation sites is 2. The molecule has 5 aromatic carbocycles. The fraction of sp³-hybridized carbons (Fsp3) is 0.241. The molecule has 0 amide bonds. The van der Waals surface area contributed by atoms with E-state index in [0.717, 1.165) is 79.0 Å². The molecule has 4 aromatic heterocycles. The largest absolute Gasteiger partial charge is 0.486 e. The molecule has 0 aliphatic carbocycles. The van der Waals surface area contributed by atoms with Crippen LogP contribution in [0.15, 0.2) is 114 Å². The van der Waals surface area contributed by atoms with Crippen LogP contribution in [0, 0.1) is 59.6 Å². The maximum atomic E-state index is 6.63. The van der Waals surface area contributed by atoms with Gasteiger partial charge in [-0.3, -0.25) is 4.98 Å². The number of aromatic nitrogens is 4. The van der Waals surface area contributed by atoms with Gasteiger partial charge in [0.05, 0.1) is 36.2 Å². The van der Waals surface area contributed by atoms with Gasteiger partial charge in [-0.1, -0.05) is 111 Å². The van der Waals surface area contributed by atoms with Crippen LogP contribution < -0.4 is 5.19 Å². The van der Waals surface area contributed by atoms with Crippen LogP contribution in [-0.4, -0.2) is 27.6 Å². The fourth-order valence-electron chi connectivity index (χ4n) is 8.81. The zero-order chi connectivity index (χ0) is 42.5. The van der Waals surface area contributed by atoms with Gasteiger partial charge < -0.3 is 14.0 Å². The maximum Gasteiger partial charge on any atom is 0.216 e. The Morgan fingerprint density at radius 1 is 0.721 bits per heavy atom. The van der Waals surface area contributed by atoms with Crippen LogP contribution in [0.2, 0.25) is 19.6 Å². The molecule has 0 spiro atoms. The monoisotopic (exact) mass is 995 g/mol. The Morgan fingerprint density at radius 3 is 2.10 bits per heavy atom. The summed E-state index contributed by atoms with van der Waals surface area (Å²) >= 11 is 0. The second kappa shape index (κ2) is 17.5. The quantitative estimate of drug-likeness (QED) is 0.118. The summed E-state index contributed by atoms with van der Waals surface area (Å²) in [6.45, 7) is 24.6. The molecule has 311 valence electrons. The molecule has 4 heterocycles. The molecule has 0 aliphatic rings. The fourth-order valence-corrected chi connectivity index (χ4v) is 10.4. The predicted molar refractivity (Wildman–Crippen MR) is 254 cm³/mol. The van der Waals surface area contributed by atoms with Crippen LogP contribution in [0.3, 0.4) is 0 Å². The van der Waals surface area contributed by atoms with E-state index >= 15 is 0 Å². The molecule has 0 N–H and O–H groups in total. The number of hydrogen-bond donors (Lipinski definition) is 0. The average molecular weight is 995 g/mol. The van der Waals surface area contributed by atoms with Gasteiger partial charge in [0.25, 0.3) is 0 Å². The van der Waals surface area contributed by atoms with E-state index in [9.17, 15) is 0 Å². The summed E-state index contributed by atoms with van der Waals surface area (Å²) in [6.07, 6.45) is 3.24. The number of nitrogens with zero attached hydrogens (tertiary/aromatic N) is 4. The summed E-state index contributed by atoms with van der Waals surface area (Å²) in [7, 11) is -1.34. The van der Waals surface area contributed by atoms with Crippen molar-refractivity contribution in [3.05, 3.63) is 160 Å². The first kappa shape index (κ1) is 43.6. The van der Waals surface area contributed by atoms with E-state index in [1.165, 1.54) is 38.6 Å². The molecular formula is C54H54IrN4OSi-2. The zero-order valence-corrected chi connectivity index (χ0v) is 40.6. The van der Waals surface area contributed by atoms with Crippen molar-refractivity contribution >= 4 is 46.4 Å². The molecule has 0 unspecified atom stereocenters. The van der Waals surface area contributed by atoms with Gasteiger partial charge in [-0.05, 0) is 104 Å². The molecule has 0 saturated heterocycles. The van der Waals surface area contributed by atoms with Crippen molar-refractivity contribution in [2.75, 3.05) is 0 Å². The van der Waals surface area contributed by atoms with E-state index < -0.39 is 8.07 Å². The van der Waals surface area contributed by atoms with Crippen molar-refractivity contribution < 1.29 is 24.5 Å². The first-order valence-corrected chi connectivity index (χ1v) is 24.5. The first-order chi connectivity index (χ1) is 28.7. The van der Waals surface area contributed by atoms with Crippen LogP contribution in [0.25, 0.3) is 72.7 Å². The molecule has 7 heteroatoms. The molecule has 0 saturated carbocycles. The van der Waals surface area contributed by atoms with Gasteiger partial charge in [-0.15, -0.1) is 53.6 Å². The van der Waals surface area contributed by atoms with Gasteiger partial charge in [0.2, 0.25) is 5.71 Å². The summed E-state index contributed by atoms with van der Waals surface area (Å²) in [5.74, 6) is 1.48. The van der Waals surface area contributed by atoms with Crippen LogP contribution in [0.1, 0.15) is 52.8 Å². The Bertz CT molecular complexity index is 3000. The number of pyridine rings is 2. The van der Waals surface area contributed by atoms with Crippen molar-refractivity contribution in [2.45, 2.75) is 81.5 Å². The van der Waals surface area contributed by atoms with E-state index in [1.54, 1.807) is 0 Å². The summed E-state index contributed by atoms with van der Waals surface area (Å²) in [6, 6.07) is 42.6. The van der Waals surface area contributed by atoms with Crippen molar-refractivity contribution in [3.63, 3.8) is 0 Å². The third-order valence-corrected chi connectivity index (χ3v) is 13.5. The molecule has 9 aromatic rings. The van der Waals surface area contributed by atoms with E-state index in [0.29, 0.717) is 11.6 Å². The minimum Gasteiger partial charge on any atom is -0.486 e. The third kappa shape index (κ3) is 8.57. The van der Waals surface area contributed by atoms with E-state index in [-0.39, 0.29) is 20.1 Å². The second-order valence-corrected chi connectivity index (χ2v) is 22.9. The van der Waals surface area contributed by atoms with Crippen LogP contribution in [0.4, 0.5) is 0 Å². The van der Waals surface area contributed by atoms with E-state index in [4.69, 9.17) is 14.4 Å². The number of benzene rings is 5. The van der Waals surface area contributed by atoms with Gasteiger partial charge in [-0.2, -0.15) is 0 Å². The standard InChI is InChI=1S/C36H30N3O.C18H24NSi.Ir/c1-20-18-24(5)33(25(6)19-20)39-30-13-8-7-12-28(30)37-35(39)27-15-14-23(4)32-26-16-17-29(38-36(26)40-34(27)32)31-21(2)10-9-11-22(31)3;1-14(2)11-16-12-17(15-9-7-6-8-10-15)19-13-18(16)20(3,4)5;/h7-14,16-19H,1-6H3;6-9,12-14H,11H2,1-5H3;/q2*-1;. The Hall–Kier alpha value is -5.46. The molecule has 9 rings (SSSR count). The van der Waals surface area contributed by atoms with Crippen molar-refractivity contribution in [1.82, 2.24) is 19.5 Å². The molecule has 61 heavy (non-hydrogen) atoms. The number of rotatable bonds is 7. The van der Waals surface area contributed by atoms with E-state index in [2.05, 4.69) is 176 Å². The van der Waals surface area contributed by atoms with Crippen molar-refractivity contribution in [2.24, 2.45) is 5.92 Å². The molecule has 1 radical (unpaired) electrons. The number of hydrogen-bond acceptors (Lipinski definition) is 4. The molecular weight excluding hydrogens is 941 g/mol. The summed E-state index contributed by atoms with van der Waals surface area (Å²) in [5, 5.41) is 3.55. The number of fused-ring (bicyclic) bond motifs is 4. The normalized spacial score (nSPS) is 11.6. The smallest absolute Gasteiger partial charge is 0.216 e. The molecule has 0 fully saturated rings. The maximum absolute atomic E-state index is 6.63. The Labute approximate surface area is 375 Å². The topological polar surface area (TPSA) is 56.7 Å². The molecule has 0 aliphatic heterocycles. The van der Waals surface area contributed by atoms with Crippen molar-refractivity contribution in [1.29, 1.82) is 0 Å². The van der Waals surface area contributed by atoms with Crippen LogP contribution in [-0.2, 0) is 26.5 Å². The minimum atomic E-state index is -1.34. The Kier molecular flexibility index (Phi) is 12.5. The summed E-state index contributed by atoms with van der Waals surface area (Å²) < 4.78 is 8.90. The summed E-state index contributed by atoms with van der Waals surface area (Å²) in [5.41, 5.74) is 18.2. The third-order valence-electron chi connectivity index (χ3n) is 11.4. The Balaban J connectivity index is 0.000000226. The minimum absolute atomic E-state index is 0. The van der Waals surface area contributed by atoms with Crippen molar-refractivity contribution in [3.8, 4) is 39.6 Å². The summed E-state index contributed by atoms with van der Waals surface area (Å²) in [4.78, 5) is 14.9. The number of imidazole rings is 1. The SMILES string of the molecule is CC(C)Cc1cc(-c2[c-]cccc2)ncc1[Si](C)(C)C.Cc1cc(C)c(-n2c(-c3[c-]cc(C)c4c3oc3nc(-c5c(C)cccc5C)ccc34)nc3ccccc32)c(C)c1.[Ir]. The zero-order valence-electron chi connectivity index (χ0n) is 37.2. The van der Waals surface area contributed by atoms with Gasteiger partial charge in [-0.25, -0.2) is 4.98 Å². The number of aryl methyl sites for hydroxylation is 6. The van der Waals surface area contributed by atoms with Gasteiger partial charge in [0.1, 0.15) is 0 Å². The Morgan fingerprint density at radius 2 is 1.43 bits per heavy atom. The average Bonchev–Trinajstić information content (AvgIpc) is 3.77. The molecule has 0 bridgehead atoms. The first-order valence-electron chi connectivity index (χ1n) is 21.0. The van der Waals surface area contributed by atoms with Gasteiger partial charge in [0.15, 0.2) is 0 Å². The molecule has 5 nitrogen and oxygen atoms in total. The van der Waals surface area contributed by atoms with Crippen LogP contribution in [0.5, 0.6) is 0 Å². The number of furan rings is 1. The van der Waals surface area contributed by atoms with E-state index in [1.807, 2.05) is 30.3 Å². The molecule has 0 atom stereocenters. The second-order valence-electron chi connectivity index (χ2n) is 17.8.